The molecular formula is C17H29NO2. The Morgan fingerprint density at radius 1 is 1.00 bits per heavy atom. The molecule has 1 aromatic rings. The zero-order valence-electron chi connectivity index (χ0n) is 13.4. The molecule has 1 aromatic carbocycles. The molecule has 0 radical (unpaired) electrons. The van der Waals surface area contributed by atoms with Crippen LogP contribution in [-0.4, -0.2) is 25.8 Å². The van der Waals surface area contributed by atoms with Crippen molar-refractivity contribution in [2.75, 3.05) is 19.8 Å². The van der Waals surface area contributed by atoms with Gasteiger partial charge in [-0.05, 0) is 57.4 Å². The van der Waals surface area contributed by atoms with E-state index in [-0.39, 0.29) is 0 Å². The Kier molecular flexibility index (Phi) is 8.12. The van der Waals surface area contributed by atoms with Gasteiger partial charge in [-0.2, -0.15) is 0 Å². The molecule has 20 heavy (non-hydrogen) atoms. The summed E-state index contributed by atoms with van der Waals surface area (Å²) in [6.07, 6.45) is 3.39. The van der Waals surface area contributed by atoms with E-state index >= 15 is 0 Å². The van der Waals surface area contributed by atoms with Crippen molar-refractivity contribution in [3.8, 4) is 11.5 Å². The third kappa shape index (κ3) is 5.41. The normalized spacial score (nSPS) is 12.2. The lowest BCUT2D eigenvalue weighted by Crippen LogP contribution is -2.28. The molecule has 1 rings (SSSR count). The molecule has 0 heterocycles. The van der Waals surface area contributed by atoms with Gasteiger partial charge in [-0.25, -0.2) is 0 Å². The average Bonchev–Trinajstić information content (AvgIpc) is 2.46. The second-order valence-electron chi connectivity index (χ2n) is 4.85. The molecule has 0 aliphatic carbocycles. The summed E-state index contributed by atoms with van der Waals surface area (Å²) in [6, 6.07) is 6.89. The molecule has 0 fully saturated rings. The number of aryl methyl sites for hydroxylation is 1. The maximum Gasteiger partial charge on any atom is 0.161 e. The molecule has 0 aromatic heterocycles. The molecule has 1 unspecified atom stereocenters. The van der Waals surface area contributed by atoms with Crippen LogP contribution in [0.5, 0.6) is 11.5 Å². The quantitative estimate of drug-likeness (QED) is 0.706. The zero-order valence-corrected chi connectivity index (χ0v) is 13.4. The van der Waals surface area contributed by atoms with Crippen LogP contribution in [0.25, 0.3) is 0 Å². The Morgan fingerprint density at radius 3 is 2.30 bits per heavy atom. The van der Waals surface area contributed by atoms with Gasteiger partial charge in [0, 0.05) is 6.04 Å². The summed E-state index contributed by atoms with van der Waals surface area (Å²) in [5.74, 6) is 1.71. The van der Waals surface area contributed by atoms with Crippen LogP contribution in [0, 0.1) is 0 Å². The van der Waals surface area contributed by atoms with Crippen molar-refractivity contribution in [1.29, 1.82) is 0 Å². The molecule has 0 saturated heterocycles. The van der Waals surface area contributed by atoms with Crippen LogP contribution in [0.15, 0.2) is 18.2 Å². The van der Waals surface area contributed by atoms with Gasteiger partial charge < -0.3 is 14.8 Å². The fourth-order valence-corrected chi connectivity index (χ4v) is 2.33. The van der Waals surface area contributed by atoms with E-state index in [9.17, 15) is 0 Å². The highest BCUT2D eigenvalue weighted by Gasteiger charge is 2.08. The van der Waals surface area contributed by atoms with Crippen LogP contribution in [0.1, 0.15) is 46.1 Å². The van der Waals surface area contributed by atoms with E-state index in [4.69, 9.17) is 9.47 Å². The predicted molar refractivity (Wildman–Crippen MR) is 84.9 cm³/mol. The van der Waals surface area contributed by atoms with Crippen LogP contribution in [0.3, 0.4) is 0 Å². The van der Waals surface area contributed by atoms with Crippen molar-refractivity contribution in [1.82, 2.24) is 5.32 Å². The molecule has 114 valence electrons. The molecule has 3 heteroatoms. The van der Waals surface area contributed by atoms with Crippen LogP contribution in [0.4, 0.5) is 0 Å². The van der Waals surface area contributed by atoms with E-state index in [1.807, 2.05) is 19.9 Å². The largest absolute Gasteiger partial charge is 0.490 e. The Morgan fingerprint density at radius 2 is 1.70 bits per heavy atom. The van der Waals surface area contributed by atoms with Crippen molar-refractivity contribution in [2.45, 2.75) is 53.0 Å². The first-order valence-electron chi connectivity index (χ1n) is 7.86. The number of hydrogen-bond acceptors (Lipinski definition) is 3. The smallest absolute Gasteiger partial charge is 0.161 e. The fraction of sp³-hybridized carbons (Fsp3) is 0.647. The molecule has 0 spiro atoms. The minimum Gasteiger partial charge on any atom is -0.490 e. The van der Waals surface area contributed by atoms with Gasteiger partial charge in [0.2, 0.25) is 0 Å². The van der Waals surface area contributed by atoms with Crippen molar-refractivity contribution in [3.05, 3.63) is 23.8 Å². The van der Waals surface area contributed by atoms with Gasteiger partial charge in [0.15, 0.2) is 11.5 Å². The standard InChI is InChI=1S/C17H29NO2/c1-5-15(18-6-2)11-9-14-10-12-16(19-7-3)17(13-14)20-8-4/h10,12-13,15,18H,5-9,11H2,1-4H3. The second-order valence-corrected chi connectivity index (χ2v) is 4.85. The molecule has 0 aliphatic rings. The van der Waals surface area contributed by atoms with Gasteiger partial charge in [0.25, 0.3) is 0 Å². The number of rotatable bonds is 10. The van der Waals surface area contributed by atoms with Crippen molar-refractivity contribution in [2.24, 2.45) is 0 Å². The molecular weight excluding hydrogens is 250 g/mol. The van der Waals surface area contributed by atoms with Gasteiger partial charge in [0.1, 0.15) is 0 Å². The lowest BCUT2D eigenvalue weighted by molar-refractivity contribution is 0.287. The first-order chi connectivity index (χ1) is 9.74. The van der Waals surface area contributed by atoms with Gasteiger partial charge in [-0.15, -0.1) is 0 Å². The van der Waals surface area contributed by atoms with E-state index in [1.54, 1.807) is 0 Å². The van der Waals surface area contributed by atoms with E-state index in [0.717, 1.165) is 30.9 Å². The van der Waals surface area contributed by atoms with Crippen molar-refractivity contribution >= 4 is 0 Å². The molecule has 1 N–H and O–H groups in total. The molecule has 0 bridgehead atoms. The van der Waals surface area contributed by atoms with Crippen molar-refractivity contribution in [3.63, 3.8) is 0 Å². The summed E-state index contributed by atoms with van der Waals surface area (Å²) < 4.78 is 11.3. The summed E-state index contributed by atoms with van der Waals surface area (Å²) in [4.78, 5) is 0. The van der Waals surface area contributed by atoms with Gasteiger partial charge in [-0.3, -0.25) is 0 Å². The van der Waals surface area contributed by atoms with Gasteiger partial charge in [0.05, 0.1) is 13.2 Å². The van der Waals surface area contributed by atoms with Gasteiger partial charge in [-0.1, -0.05) is 19.9 Å². The van der Waals surface area contributed by atoms with Gasteiger partial charge >= 0.3 is 0 Å². The van der Waals surface area contributed by atoms with Crippen LogP contribution < -0.4 is 14.8 Å². The maximum absolute atomic E-state index is 5.67. The van der Waals surface area contributed by atoms with Crippen molar-refractivity contribution < 1.29 is 9.47 Å². The Labute approximate surface area is 123 Å². The molecule has 0 saturated carbocycles. The van der Waals surface area contributed by atoms with E-state index in [1.165, 1.54) is 12.0 Å². The lowest BCUT2D eigenvalue weighted by atomic mass is 10.0. The topological polar surface area (TPSA) is 30.5 Å². The van der Waals surface area contributed by atoms with E-state index < -0.39 is 0 Å². The lowest BCUT2D eigenvalue weighted by Gasteiger charge is -2.16. The number of benzene rings is 1. The summed E-state index contributed by atoms with van der Waals surface area (Å²) in [5, 5.41) is 3.52. The number of ether oxygens (including phenoxy) is 2. The first kappa shape index (κ1) is 16.8. The minimum absolute atomic E-state index is 0.599. The number of nitrogens with one attached hydrogen (secondary N) is 1. The van der Waals surface area contributed by atoms with Crippen LogP contribution in [-0.2, 0) is 6.42 Å². The van der Waals surface area contributed by atoms with Crippen LogP contribution >= 0.6 is 0 Å². The maximum atomic E-state index is 5.67. The summed E-state index contributed by atoms with van der Waals surface area (Å²) >= 11 is 0. The Balaban J connectivity index is 2.68. The highest BCUT2D eigenvalue weighted by atomic mass is 16.5. The molecule has 0 amide bonds. The minimum atomic E-state index is 0.599. The highest BCUT2D eigenvalue weighted by Crippen LogP contribution is 2.29. The van der Waals surface area contributed by atoms with E-state index in [0.29, 0.717) is 19.3 Å². The Hall–Kier alpha value is -1.22. The third-order valence-electron chi connectivity index (χ3n) is 3.37. The van der Waals surface area contributed by atoms with Crippen LogP contribution in [0.2, 0.25) is 0 Å². The summed E-state index contributed by atoms with van der Waals surface area (Å²) in [5.41, 5.74) is 1.31. The summed E-state index contributed by atoms with van der Waals surface area (Å²) in [6.45, 7) is 10.7. The Bertz CT molecular complexity index is 379. The predicted octanol–water partition coefficient (Wildman–Crippen LogP) is 3.80. The SMILES string of the molecule is CCNC(CC)CCc1ccc(OCC)c(OCC)c1. The second kappa shape index (κ2) is 9.65. The summed E-state index contributed by atoms with van der Waals surface area (Å²) in [7, 11) is 0. The average molecular weight is 279 g/mol. The monoisotopic (exact) mass is 279 g/mol. The zero-order chi connectivity index (χ0) is 14.8. The molecule has 3 nitrogen and oxygen atoms in total. The third-order valence-corrected chi connectivity index (χ3v) is 3.37. The van der Waals surface area contributed by atoms with E-state index in [2.05, 4.69) is 31.3 Å². The molecule has 1 atom stereocenters. The number of hydrogen-bond donors (Lipinski definition) is 1. The highest BCUT2D eigenvalue weighted by molar-refractivity contribution is 5.43. The fourth-order valence-electron chi connectivity index (χ4n) is 2.33. The molecule has 0 aliphatic heterocycles. The first-order valence-corrected chi connectivity index (χ1v) is 7.86.